The van der Waals surface area contributed by atoms with Gasteiger partial charge in [0.15, 0.2) is 6.10 Å². The SMILES string of the molecule is CCCOC(=O)N(CCOCCC(C)(F)F)CCOc1ccc(CC(OCC)C(=O)O)cc1. The molecule has 1 aromatic carbocycles. The molecule has 0 aromatic heterocycles. The molecule has 33 heavy (non-hydrogen) atoms. The molecule has 0 heterocycles. The normalized spacial score (nSPS) is 12.3. The molecule has 1 atom stereocenters. The number of hydrogen-bond acceptors (Lipinski definition) is 6. The average Bonchev–Trinajstić information content (AvgIpc) is 2.76. The van der Waals surface area contributed by atoms with Crippen LogP contribution >= 0.6 is 0 Å². The summed E-state index contributed by atoms with van der Waals surface area (Å²) in [5.41, 5.74) is 0.794. The van der Waals surface area contributed by atoms with Gasteiger partial charge >= 0.3 is 12.1 Å². The number of carbonyl (C=O) groups excluding carboxylic acids is 1. The third-order valence-corrected chi connectivity index (χ3v) is 4.50. The summed E-state index contributed by atoms with van der Waals surface area (Å²) in [6, 6.07) is 6.95. The van der Waals surface area contributed by atoms with Gasteiger partial charge in [-0.3, -0.25) is 0 Å². The number of rotatable bonds is 17. The smallest absolute Gasteiger partial charge is 0.409 e. The predicted molar refractivity (Wildman–Crippen MR) is 118 cm³/mol. The lowest BCUT2D eigenvalue weighted by molar-refractivity contribution is -0.149. The summed E-state index contributed by atoms with van der Waals surface area (Å²) in [5, 5.41) is 9.18. The van der Waals surface area contributed by atoms with Gasteiger partial charge in [-0.05, 0) is 38.0 Å². The predicted octanol–water partition coefficient (Wildman–Crippen LogP) is 4.01. The minimum Gasteiger partial charge on any atom is -0.492 e. The van der Waals surface area contributed by atoms with Gasteiger partial charge in [-0.1, -0.05) is 19.1 Å². The molecule has 10 heteroatoms. The summed E-state index contributed by atoms with van der Waals surface area (Å²) in [5.74, 6) is -3.24. The standard InChI is InChI=1S/C23H35F2NO7/c1-4-13-33-22(29)26(11-15-30-14-10-23(3,24)25)12-16-32-19-8-6-18(7-9-19)17-20(21(27)28)31-5-2/h6-9,20H,4-5,10-17H2,1-3H3,(H,27,28). The molecule has 0 fully saturated rings. The van der Waals surface area contributed by atoms with E-state index in [2.05, 4.69) is 0 Å². The number of hydrogen-bond donors (Lipinski definition) is 1. The molecule has 0 radical (unpaired) electrons. The van der Waals surface area contributed by atoms with Crippen molar-refractivity contribution in [3.63, 3.8) is 0 Å². The number of amides is 1. The van der Waals surface area contributed by atoms with Gasteiger partial charge in [0.25, 0.3) is 0 Å². The highest BCUT2D eigenvalue weighted by Crippen LogP contribution is 2.16. The molecule has 0 saturated carbocycles. The van der Waals surface area contributed by atoms with E-state index in [0.29, 0.717) is 18.8 Å². The van der Waals surface area contributed by atoms with Gasteiger partial charge in [-0.25, -0.2) is 18.4 Å². The highest BCUT2D eigenvalue weighted by Gasteiger charge is 2.21. The molecule has 1 aromatic rings. The largest absolute Gasteiger partial charge is 0.492 e. The van der Waals surface area contributed by atoms with Gasteiger partial charge in [-0.2, -0.15) is 0 Å². The van der Waals surface area contributed by atoms with E-state index in [9.17, 15) is 23.5 Å². The van der Waals surface area contributed by atoms with Crippen molar-refractivity contribution < 1.29 is 42.4 Å². The Morgan fingerprint density at radius 2 is 1.73 bits per heavy atom. The molecule has 188 valence electrons. The summed E-state index contributed by atoms with van der Waals surface area (Å²) in [4.78, 5) is 24.9. The van der Waals surface area contributed by atoms with E-state index in [-0.39, 0.29) is 52.4 Å². The second-order valence-electron chi connectivity index (χ2n) is 7.51. The molecule has 1 N–H and O–H groups in total. The molecule has 1 rings (SSSR count). The zero-order chi connectivity index (χ0) is 24.7. The molecule has 0 aliphatic carbocycles. The highest BCUT2D eigenvalue weighted by molar-refractivity contribution is 5.72. The first kappa shape index (κ1) is 28.6. The molecule has 0 saturated heterocycles. The summed E-state index contributed by atoms with van der Waals surface area (Å²) in [7, 11) is 0. The molecule has 8 nitrogen and oxygen atoms in total. The lowest BCUT2D eigenvalue weighted by Gasteiger charge is -2.22. The van der Waals surface area contributed by atoms with Crippen molar-refractivity contribution in [1.82, 2.24) is 4.90 Å². The Balaban J connectivity index is 2.52. The van der Waals surface area contributed by atoms with Crippen LogP contribution in [0, 0.1) is 0 Å². The Bertz CT molecular complexity index is 695. The highest BCUT2D eigenvalue weighted by atomic mass is 19.3. The fourth-order valence-electron chi connectivity index (χ4n) is 2.73. The lowest BCUT2D eigenvalue weighted by Crippen LogP contribution is -2.38. The van der Waals surface area contributed by atoms with Crippen molar-refractivity contribution in [2.75, 3.05) is 46.1 Å². The number of aliphatic carboxylic acids is 1. The van der Waals surface area contributed by atoms with Crippen LogP contribution in [0.5, 0.6) is 5.75 Å². The van der Waals surface area contributed by atoms with E-state index in [4.69, 9.17) is 18.9 Å². The Labute approximate surface area is 193 Å². The van der Waals surface area contributed by atoms with Crippen molar-refractivity contribution in [3.05, 3.63) is 29.8 Å². The zero-order valence-corrected chi connectivity index (χ0v) is 19.6. The topological polar surface area (TPSA) is 94.5 Å². The van der Waals surface area contributed by atoms with Crippen LogP contribution in [0.15, 0.2) is 24.3 Å². The molecular formula is C23H35F2NO7. The maximum atomic E-state index is 12.8. The number of benzene rings is 1. The van der Waals surface area contributed by atoms with Crippen LogP contribution in [0.3, 0.4) is 0 Å². The van der Waals surface area contributed by atoms with Crippen molar-refractivity contribution in [3.8, 4) is 5.75 Å². The number of ether oxygens (including phenoxy) is 4. The molecule has 0 bridgehead atoms. The molecule has 1 amide bonds. The first-order valence-corrected chi connectivity index (χ1v) is 11.1. The maximum Gasteiger partial charge on any atom is 0.409 e. The molecular weight excluding hydrogens is 440 g/mol. The van der Waals surface area contributed by atoms with Gasteiger partial charge in [0, 0.05) is 26.0 Å². The van der Waals surface area contributed by atoms with Gasteiger partial charge in [0.1, 0.15) is 12.4 Å². The van der Waals surface area contributed by atoms with Crippen LogP contribution in [0.4, 0.5) is 13.6 Å². The third kappa shape index (κ3) is 13.0. The van der Waals surface area contributed by atoms with Crippen LogP contribution < -0.4 is 4.74 Å². The van der Waals surface area contributed by atoms with Gasteiger partial charge in [0.05, 0.1) is 26.4 Å². The van der Waals surface area contributed by atoms with Crippen LogP contribution in [0.2, 0.25) is 0 Å². The fraction of sp³-hybridized carbons (Fsp3) is 0.652. The molecule has 0 aliphatic heterocycles. The van der Waals surface area contributed by atoms with Crippen LogP contribution in [-0.4, -0.2) is 80.2 Å². The minimum atomic E-state index is -2.79. The Hall–Kier alpha value is -2.46. The number of carboxylic acids is 1. The Kier molecular flexibility index (Phi) is 13.3. The summed E-state index contributed by atoms with van der Waals surface area (Å²) in [6.45, 7) is 5.65. The first-order valence-electron chi connectivity index (χ1n) is 11.1. The molecule has 0 spiro atoms. The monoisotopic (exact) mass is 475 g/mol. The van der Waals surface area contributed by atoms with E-state index in [1.54, 1.807) is 31.2 Å². The van der Waals surface area contributed by atoms with Crippen molar-refractivity contribution in [2.24, 2.45) is 0 Å². The second-order valence-corrected chi connectivity index (χ2v) is 7.51. The number of alkyl halides is 2. The summed E-state index contributed by atoms with van der Waals surface area (Å²) >= 11 is 0. The van der Waals surface area contributed by atoms with Crippen LogP contribution in [-0.2, 0) is 25.4 Å². The van der Waals surface area contributed by atoms with Gasteiger partial charge in [-0.15, -0.1) is 0 Å². The fourth-order valence-corrected chi connectivity index (χ4v) is 2.73. The van der Waals surface area contributed by atoms with Crippen molar-refractivity contribution in [1.29, 1.82) is 0 Å². The second kappa shape index (κ2) is 15.4. The third-order valence-electron chi connectivity index (χ3n) is 4.50. The summed E-state index contributed by atoms with van der Waals surface area (Å²) in [6.07, 6.45) is -0.892. The molecule has 0 aliphatic rings. The minimum absolute atomic E-state index is 0.101. The average molecular weight is 476 g/mol. The number of carboxylic acid groups (broad SMARTS) is 1. The van der Waals surface area contributed by atoms with Crippen molar-refractivity contribution in [2.45, 2.75) is 52.1 Å². The van der Waals surface area contributed by atoms with Gasteiger partial charge in [0.2, 0.25) is 5.92 Å². The van der Waals surface area contributed by atoms with E-state index >= 15 is 0 Å². The first-order chi connectivity index (χ1) is 15.7. The van der Waals surface area contributed by atoms with E-state index < -0.39 is 24.1 Å². The van der Waals surface area contributed by atoms with Crippen LogP contribution in [0.25, 0.3) is 0 Å². The lowest BCUT2D eigenvalue weighted by atomic mass is 10.1. The number of nitrogens with zero attached hydrogens (tertiary/aromatic N) is 1. The van der Waals surface area contributed by atoms with Crippen molar-refractivity contribution >= 4 is 12.1 Å². The summed E-state index contributed by atoms with van der Waals surface area (Å²) < 4.78 is 47.0. The Morgan fingerprint density at radius 1 is 1.06 bits per heavy atom. The number of halogens is 2. The van der Waals surface area contributed by atoms with Crippen LogP contribution in [0.1, 0.15) is 39.2 Å². The zero-order valence-electron chi connectivity index (χ0n) is 19.6. The quantitative estimate of drug-likeness (QED) is 0.340. The molecule has 1 unspecified atom stereocenters. The Morgan fingerprint density at radius 3 is 2.30 bits per heavy atom. The number of carbonyl (C=O) groups is 2. The van der Waals surface area contributed by atoms with E-state index in [1.165, 1.54) is 4.90 Å². The van der Waals surface area contributed by atoms with Gasteiger partial charge < -0.3 is 29.0 Å². The maximum absolute atomic E-state index is 12.8. The van der Waals surface area contributed by atoms with E-state index in [0.717, 1.165) is 12.5 Å². The van der Waals surface area contributed by atoms with E-state index in [1.807, 2.05) is 6.92 Å².